The van der Waals surface area contributed by atoms with E-state index in [1.807, 2.05) is 24.3 Å². The highest BCUT2D eigenvalue weighted by molar-refractivity contribution is 9.10. The second kappa shape index (κ2) is 9.89. The zero-order valence-electron chi connectivity index (χ0n) is 16.8. The van der Waals surface area contributed by atoms with Gasteiger partial charge in [-0.1, -0.05) is 35.0 Å². The lowest BCUT2D eigenvalue weighted by atomic mass is 10.2. The minimum atomic E-state index is -0.656. The first kappa shape index (κ1) is 21.3. The number of piperazine rings is 1. The van der Waals surface area contributed by atoms with Gasteiger partial charge < -0.3 is 20.4 Å². The number of para-hydroxylation sites is 2. The van der Waals surface area contributed by atoms with Crippen LogP contribution in [0.15, 0.2) is 53.0 Å². The number of anilines is 2. The summed E-state index contributed by atoms with van der Waals surface area (Å²) in [6.45, 7) is 8.80. The van der Waals surface area contributed by atoms with Crippen molar-refractivity contribution in [1.82, 2.24) is 10.2 Å². The van der Waals surface area contributed by atoms with Crippen LogP contribution < -0.4 is 15.5 Å². The van der Waals surface area contributed by atoms with Crippen LogP contribution >= 0.6 is 15.9 Å². The van der Waals surface area contributed by atoms with Gasteiger partial charge in [0.1, 0.15) is 6.04 Å². The van der Waals surface area contributed by atoms with Crippen molar-refractivity contribution in [2.24, 2.45) is 0 Å². The molecule has 154 valence electrons. The van der Waals surface area contributed by atoms with Gasteiger partial charge in [0.05, 0.1) is 11.4 Å². The molecule has 0 radical (unpaired) electrons. The van der Waals surface area contributed by atoms with Crippen LogP contribution in [0.2, 0.25) is 0 Å². The van der Waals surface area contributed by atoms with E-state index in [9.17, 15) is 9.59 Å². The summed E-state index contributed by atoms with van der Waals surface area (Å²) >= 11 is 3.35. The van der Waals surface area contributed by atoms with Gasteiger partial charge in [-0.2, -0.15) is 0 Å². The normalized spacial score (nSPS) is 15.6. The summed E-state index contributed by atoms with van der Waals surface area (Å²) in [6.07, 6.45) is 0. The van der Waals surface area contributed by atoms with Gasteiger partial charge in [-0.15, -0.1) is 0 Å². The summed E-state index contributed by atoms with van der Waals surface area (Å²) in [7, 11) is 0. The molecule has 1 aliphatic rings. The topological polar surface area (TPSA) is 64.7 Å². The van der Waals surface area contributed by atoms with Crippen molar-refractivity contribution in [3.8, 4) is 0 Å². The first-order valence-electron chi connectivity index (χ1n) is 9.91. The molecule has 6 nitrogen and oxygen atoms in total. The van der Waals surface area contributed by atoms with Crippen LogP contribution in [-0.2, 0) is 4.79 Å². The highest BCUT2D eigenvalue weighted by Crippen LogP contribution is 2.26. The zero-order chi connectivity index (χ0) is 20.8. The van der Waals surface area contributed by atoms with E-state index in [1.165, 1.54) is 0 Å². The van der Waals surface area contributed by atoms with E-state index in [2.05, 4.69) is 43.3 Å². The summed E-state index contributed by atoms with van der Waals surface area (Å²) in [5.74, 6) is -0.515. The van der Waals surface area contributed by atoms with Crippen LogP contribution in [-0.4, -0.2) is 55.5 Å². The maximum Gasteiger partial charge on any atom is 0.251 e. The van der Waals surface area contributed by atoms with E-state index >= 15 is 0 Å². The lowest BCUT2D eigenvalue weighted by molar-refractivity contribution is -0.117. The minimum Gasteiger partial charge on any atom is -0.367 e. The number of rotatable bonds is 6. The summed E-state index contributed by atoms with van der Waals surface area (Å²) < 4.78 is 0.899. The molecule has 1 saturated heterocycles. The Hall–Kier alpha value is -2.38. The first-order valence-corrected chi connectivity index (χ1v) is 10.7. The molecular formula is C22H27BrN4O2. The average Bonchev–Trinajstić information content (AvgIpc) is 2.74. The van der Waals surface area contributed by atoms with Crippen molar-refractivity contribution < 1.29 is 9.59 Å². The van der Waals surface area contributed by atoms with Gasteiger partial charge in [0.2, 0.25) is 5.91 Å². The number of amides is 2. The number of likely N-dealkylation sites (N-methyl/N-ethyl adjacent to an activating group) is 1. The predicted octanol–water partition coefficient (Wildman–Crippen LogP) is 3.35. The van der Waals surface area contributed by atoms with Crippen LogP contribution in [0.4, 0.5) is 11.4 Å². The van der Waals surface area contributed by atoms with E-state index in [-0.39, 0.29) is 11.8 Å². The number of benzene rings is 2. The second-order valence-corrected chi connectivity index (χ2v) is 8.05. The van der Waals surface area contributed by atoms with Gasteiger partial charge in [-0.25, -0.2) is 0 Å². The lowest BCUT2D eigenvalue weighted by Gasteiger charge is -2.36. The molecule has 29 heavy (non-hydrogen) atoms. The standard InChI is InChI=1S/C22H27BrN4O2/c1-3-26-12-14-27(15-13-26)20-7-5-4-6-19(20)25-21(28)16(2)24-22(29)17-8-10-18(23)11-9-17/h4-11,16H,3,12-15H2,1-2H3,(H,24,29)(H,25,28). The average molecular weight is 459 g/mol. The summed E-state index contributed by atoms with van der Waals surface area (Å²) in [4.78, 5) is 29.8. The molecule has 0 spiro atoms. The monoisotopic (exact) mass is 458 g/mol. The Kier molecular flexibility index (Phi) is 7.28. The fourth-order valence-electron chi connectivity index (χ4n) is 3.35. The molecule has 1 unspecified atom stereocenters. The summed E-state index contributed by atoms with van der Waals surface area (Å²) in [5.41, 5.74) is 2.30. The highest BCUT2D eigenvalue weighted by atomic mass is 79.9. The Morgan fingerprint density at radius 3 is 2.34 bits per heavy atom. The van der Waals surface area contributed by atoms with E-state index < -0.39 is 6.04 Å². The third-order valence-electron chi connectivity index (χ3n) is 5.17. The smallest absolute Gasteiger partial charge is 0.251 e. The quantitative estimate of drug-likeness (QED) is 0.696. The van der Waals surface area contributed by atoms with Gasteiger partial charge in [-0.05, 0) is 49.9 Å². The fraction of sp³-hybridized carbons (Fsp3) is 0.364. The third kappa shape index (κ3) is 5.58. The molecule has 0 bridgehead atoms. The molecule has 2 amide bonds. The van der Waals surface area contributed by atoms with Crippen LogP contribution in [0.3, 0.4) is 0 Å². The minimum absolute atomic E-state index is 0.241. The van der Waals surface area contributed by atoms with Gasteiger partial charge in [-0.3, -0.25) is 9.59 Å². The Labute approximate surface area is 180 Å². The van der Waals surface area contributed by atoms with Crippen molar-refractivity contribution in [3.05, 3.63) is 58.6 Å². The van der Waals surface area contributed by atoms with E-state index in [4.69, 9.17) is 0 Å². The number of hydrogen-bond donors (Lipinski definition) is 2. The van der Waals surface area contributed by atoms with E-state index in [0.29, 0.717) is 5.56 Å². The molecule has 1 heterocycles. The number of carbonyl (C=O) groups excluding carboxylic acids is 2. The van der Waals surface area contributed by atoms with Crippen LogP contribution in [0.1, 0.15) is 24.2 Å². The van der Waals surface area contributed by atoms with E-state index in [0.717, 1.165) is 48.6 Å². The van der Waals surface area contributed by atoms with Gasteiger partial charge in [0.25, 0.3) is 5.91 Å². The molecule has 2 N–H and O–H groups in total. The van der Waals surface area contributed by atoms with Crippen LogP contribution in [0.25, 0.3) is 0 Å². The molecule has 7 heteroatoms. The Balaban J connectivity index is 1.63. The van der Waals surface area contributed by atoms with Crippen molar-refractivity contribution >= 4 is 39.1 Å². The zero-order valence-corrected chi connectivity index (χ0v) is 18.4. The summed E-state index contributed by atoms with van der Waals surface area (Å²) in [6, 6.07) is 14.2. The molecule has 0 saturated carbocycles. The first-order chi connectivity index (χ1) is 14.0. The maximum atomic E-state index is 12.7. The number of nitrogens with one attached hydrogen (secondary N) is 2. The number of hydrogen-bond acceptors (Lipinski definition) is 4. The number of halogens is 1. The molecule has 0 aliphatic carbocycles. The predicted molar refractivity (Wildman–Crippen MR) is 120 cm³/mol. The van der Waals surface area contributed by atoms with Crippen LogP contribution in [0.5, 0.6) is 0 Å². The second-order valence-electron chi connectivity index (χ2n) is 7.13. The Bertz CT molecular complexity index is 848. The van der Waals surface area contributed by atoms with Crippen molar-refractivity contribution in [2.45, 2.75) is 19.9 Å². The van der Waals surface area contributed by atoms with Gasteiger partial charge in [0.15, 0.2) is 0 Å². The van der Waals surface area contributed by atoms with Crippen molar-refractivity contribution in [3.63, 3.8) is 0 Å². The molecule has 1 fully saturated rings. The van der Waals surface area contributed by atoms with Crippen molar-refractivity contribution in [1.29, 1.82) is 0 Å². The molecule has 2 aromatic carbocycles. The molecular weight excluding hydrogens is 432 g/mol. The fourth-order valence-corrected chi connectivity index (χ4v) is 3.61. The van der Waals surface area contributed by atoms with E-state index in [1.54, 1.807) is 31.2 Å². The molecule has 0 aromatic heterocycles. The molecule has 1 atom stereocenters. The van der Waals surface area contributed by atoms with Gasteiger partial charge in [0, 0.05) is 36.2 Å². The third-order valence-corrected chi connectivity index (χ3v) is 5.70. The largest absolute Gasteiger partial charge is 0.367 e. The number of nitrogens with zero attached hydrogens (tertiary/aromatic N) is 2. The Morgan fingerprint density at radius 1 is 1.03 bits per heavy atom. The van der Waals surface area contributed by atoms with Gasteiger partial charge >= 0.3 is 0 Å². The lowest BCUT2D eigenvalue weighted by Crippen LogP contribution is -2.46. The summed E-state index contributed by atoms with van der Waals surface area (Å²) in [5, 5.41) is 5.74. The molecule has 2 aromatic rings. The van der Waals surface area contributed by atoms with Crippen molar-refractivity contribution in [2.75, 3.05) is 42.9 Å². The number of carbonyl (C=O) groups is 2. The highest BCUT2D eigenvalue weighted by Gasteiger charge is 2.21. The maximum absolute atomic E-state index is 12.7. The van der Waals surface area contributed by atoms with Crippen LogP contribution in [0, 0.1) is 0 Å². The molecule has 1 aliphatic heterocycles. The Morgan fingerprint density at radius 2 is 1.69 bits per heavy atom. The molecule has 3 rings (SSSR count). The SMILES string of the molecule is CCN1CCN(c2ccccc2NC(=O)C(C)NC(=O)c2ccc(Br)cc2)CC1.